The number of rotatable bonds is 5. The fraction of sp³-hybridized carbons (Fsp3) is 0.375. The molecule has 1 aromatic carbocycles. The zero-order chi connectivity index (χ0) is 16.8. The van der Waals surface area contributed by atoms with Gasteiger partial charge < -0.3 is 16.0 Å². The third-order valence-electron chi connectivity index (χ3n) is 3.69. The molecule has 0 radical (unpaired) electrons. The molecule has 0 atom stereocenters. The summed E-state index contributed by atoms with van der Waals surface area (Å²) in [4.78, 5) is 27.9. The fourth-order valence-electron chi connectivity index (χ4n) is 2.43. The second kappa shape index (κ2) is 11.2. The number of piperazine rings is 1. The van der Waals surface area contributed by atoms with Crippen LogP contribution in [-0.2, 0) is 4.79 Å². The molecule has 9 heteroatoms. The summed E-state index contributed by atoms with van der Waals surface area (Å²) in [6, 6.07) is 4.89. The summed E-state index contributed by atoms with van der Waals surface area (Å²) in [5.41, 5.74) is 6.63. The summed E-state index contributed by atoms with van der Waals surface area (Å²) in [7, 11) is 0. The van der Waals surface area contributed by atoms with Crippen molar-refractivity contribution in [3.8, 4) is 0 Å². The minimum atomic E-state index is -0.106. The molecule has 6 nitrogen and oxygen atoms in total. The highest BCUT2D eigenvalue weighted by Gasteiger charge is 2.24. The zero-order valence-electron chi connectivity index (χ0n) is 13.7. The van der Waals surface area contributed by atoms with E-state index in [0.29, 0.717) is 55.5 Å². The van der Waals surface area contributed by atoms with Crippen molar-refractivity contribution in [2.24, 2.45) is 0 Å². The largest absolute Gasteiger partial charge is 0.399 e. The lowest BCUT2D eigenvalue weighted by Crippen LogP contribution is -2.51. The average Bonchev–Trinajstić information content (AvgIpc) is 2.53. The maximum absolute atomic E-state index is 12.5. The van der Waals surface area contributed by atoms with Crippen LogP contribution in [0.3, 0.4) is 0 Å². The molecular weight excluding hydrogens is 387 g/mol. The SMILES string of the molecule is C=CCNC(=O)CN1CCN(C(=O)c2ccc(N)cc2Cl)CC1.Cl.Cl. The quantitative estimate of drug-likeness (QED) is 0.574. The van der Waals surface area contributed by atoms with Gasteiger partial charge >= 0.3 is 0 Å². The van der Waals surface area contributed by atoms with Crippen molar-refractivity contribution in [1.29, 1.82) is 0 Å². The number of halogens is 3. The fourth-order valence-corrected chi connectivity index (χ4v) is 2.70. The van der Waals surface area contributed by atoms with Crippen molar-refractivity contribution in [3.63, 3.8) is 0 Å². The second-order valence-electron chi connectivity index (χ2n) is 5.40. The molecule has 2 rings (SSSR count). The van der Waals surface area contributed by atoms with E-state index >= 15 is 0 Å². The summed E-state index contributed by atoms with van der Waals surface area (Å²) in [5.74, 6) is -0.142. The first-order valence-corrected chi connectivity index (χ1v) is 7.83. The predicted octanol–water partition coefficient (Wildman–Crippen LogP) is 1.83. The molecule has 1 saturated heterocycles. The Bertz CT molecular complexity index is 605. The highest BCUT2D eigenvalue weighted by Crippen LogP contribution is 2.21. The van der Waals surface area contributed by atoms with Crippen LogP contribution in [0.25, 0.3) is 0 Å². The van der Waals surface area contributed by atoms with Gasteiger partial charge in [-0.3, -0.25) is 14.5 Å². The highest BCUT2D eigenvalue weighted by atomic mass is 35.5. The third kappa shape index (κ3) is 6.74. The molecule has 140 valence electrons. The van der Waals surface area contributed by atoms with Crippen LogP contribution in [0.2, 0.25) is 5.02 Å². The lowest BCUT2D eigenvalue weighted by atomic mass is 10.1. The summed E-state index contributed by atoms with van der Waals surface area (Å²) in [5, 5.41) is 3.11. The standard InChI is InChI=1S/C16H21ClN4O2.2ClH/c1-2-5-19-15(22)11-20-6-8-21(9-7-20)16(23)13-4-3-12(18)10-14(13)17;;/h2-4,10H,1,5-9,11,18H2,(H,19,22);2*1H. The number of nitrogens with one attached hydrogen (secondary N) is 1. The average molecular weight is 410 g/mol. The first kappa shape index (κ1) is 23.5. The van der Waals surface area contributed by atoms with E-state index in [1.807, 2.05) is 4.90 Å². The van der Waals surface area contributed by atoms with Crippen LogP contribution in [0.5, 0.6) is 0 Å². The number of nitrogens with two attached hydrogens (primary N) is 1. The first-order valence-electron chi connectivity index (χ1n) is 7.45. The van der Waals surface area contributed by atoms with Crippen LogP contribution in [0.15, 0.2) is 30.9 Å². The molecule has 2 amide bonds. The molecule has 0 aliphatic carbocycles. The Morgan fingerprint density at radius 3 is 2.44 bits per heavy atom. The predicted molar refractivity (Wildman–Crippen MR) is 106 cm³/mol. The molecule has 1 aliphatic rings. The van der Waals surface area contributed by atoms with Gasteiger partial charge in [0.15, 0.2) is 0 Å². The Hall–Kier alpha value is -1.47. The van der Waals surface area contributed by atoms with Crippen molar-refractivity contribution < 1.29 is 9.59 Å². The van der Waals surface area contributed by atoms with E-state index in [1.54, 1.807) is 29.2 Å². The van der Waals surface area contributed by atoms with Crippen molar-refractivity contribution in [3.05, 3.63) is 41.4 Å². The first-order chi connectivity index (χ1) is 11.0. The van der Waals surface area contributed by atoms with Gasteiger partial charge in [0.2, 0.25) is 5.91 Å². The number of amides is 2. The molecule has 0 bridgehead atoms. The maximum atomic E-state index is 12.5. The van der Waals surface area contributed by atoms with Crippen LogP contribution in [0, 0.1) is 0 Å². The van der Waals surface area contributed by atoms with Crippen LogP contribution in [0.4, 0.5) is 5.69 Å². The number of nitrogen functional groups attached to an aromatic ring is 1. The van der Waals surface area contributed by atoms with Gasteiger partial charge in [-0.2, -0.15) is 0 Å². The molecule has 1 heterocycles. The van der Waals surface area contributed by atoms with Crippen LogP contribution >= 0.6 is 36.4 Å². The number of carbonyl (C=O) groups is 2. The van der Waals surface area contributed by atoms with Gasteiger partial charge in [0.1, 0.15) is 0 Å². The Kier molecular flexibility index (Phi) is 10.5. The highest BCUT2D eigenvalue weighted by molar-refractivity contribution is 6.34. The Morgan fingerprint density at radius 2 is 1.88 bits per heavy atom. The molecule has 0 spiro atoms. The zero-order valence-corrected chi connectivity index (χ0v) is 16.1. The summed E-state index contributed by atoms with van der Waals surface area (Å²) in [6.45, 7) is 6.79. The monoisotopic (exact) mass is 408 g/mol. The lowest BCUT2D eigenvalue weighted by Gasteiger charge is -2.34. The molecule has 1 aliphatic heterocycles. The summed E-state index contributed by atoms with van der Waals surface area (Å²) >= 11 is 6.09. The van der Waals surface area contributed by atoms with E-state index in [4.69, 9.17) is 17.3 Å². The normalized spacial score (nSPS) is 14.0. The van der Waals surface area contributed by atoms with Crippen molar-refractivity contribution >= 4 is 53.9 Å². The number of nitrogens with zero attached hydrogens (tertiary/aromatic N) is 2. The summed E-state index contributed by atoms with van der Waals surface area (Å²) < 4.78 is 0. The van der Waals surface area contributed by atoms with E-state index in [1.165, 1.54) is 0 Å². The van der Waals surface area contributed by atoms with Gasteiger partial charge in [0.05, 0.1) is 17.1 Å². The van der Waals surface area contributed by atoms with Crippen molar-refractivity contribution in [2.75, 3.05) is 45.0 Å². The van der Waals surface area contributed by atoms with E-state index in [0.717, 1.165) is 0 Å². The molecule has 0 unspecified atom stereocenters. The smallest absolute Gasteiger partial charge is 0.255 e. The van der Waals surface area contributed by atoms with E-state index < -0.39 is 0 Å². The maximum Gasteiger partial charge on any atom is 0.255 e. The number of carbonyl (C=O) groups excluding carboxylic acids is 2. The van der Waals surface area contributed by atoms with Crippen molar-refractivity contribution in [2.45, 2.75) is 0 Å². The van der Waals surface area contributed by atoms with Gasteiger partial charge in [-0.15, -0.1) is 31.4 Å². The molecule has 3 N–H and O–H groups in total. The van der Waals surface area contributed by atoms with Crippen LogP contribution < -0.4 is 11.1 Å². The van der Waals surface area contributed by atoms with E-state index in [-0.39, 0.29) is 36.6 Å². The topological polar surface area (TPSA) is 78.7 Å². The molecule has 1 fully saturated rings. The minimum absolute atomic E-state index is 0. The number of benzene rings is 1. The van der Waals surface area contributed by atoms with Crippen LogP contribution in [-0.4, -0.2) is 60.9 Å². The molecule has 1 aromatic rings. The van der Waals surface area contributed by atoms with Crippen molar-refractivity contribution in [1.82, 2.24) is 15.1 Å². The molecular formula is C16H23Cl3N4O2. The van der Waals surface area contributed by atoms with Gasteiger partial charge in [0, 0.05) is 38.4 Å². The van der Waals surface area contributed by atoms with E-state index in [2.05, 4.69) is 11.9 Å². The molecule has 0 saturated carbocycles. The molecule has 0 aromatic heterocycles. The van der Waals surface area contributed by atoms with Crippen LogP contribution in [0.1, 0.15) is 10.4 Å². The Balaban J connectivity index is 0.00000288. The Morgan fingerprint density at radius 1 is 1.24 bits per heavy atom. The van der Waals surface area contributed by atoms with E-state index in [9.17, 15) is 9.59 Å². The second-order valence-corrected chi connectivity index (χ2v) is 5.81. The lowest BCUT2D eigenvalue weighted by molar-refractivity contribution is -0.122. The number of anilines is 1. The molecule has 25 heavy (non-hydrogen) atoms. The van der Waals surface area contributed by atoms with Gasteiger partial charge in [-0.1, -0.05) is 17.7 Å². The third-order valence-corrected chi connectivity index (χ3v) is 4.01. The minimum Gasteiger partial charge on any atom is -0.399 e. The number of hydrogen-bond acceptors (Lipinski definition) is 4. The van der Waals surface area contributed by atoms with Gasteiger partial charge in [-0.25, -0.2) is 0 Å². The van der Waals surface area contributed by atoms with Gasteiger partial charge in [-0.05, 0) is 18.2 Å². The Labute approximate surface area is 165 Å². The number of hydrogen-bond donors (Lipinski definition) is 2. The summed E-state index contributed by atoms with van der Waals surface area (Å²) in [6.07, 6.45) is 1.64. The van der Waals surface area contributed by atoms with Gasteiger partial charge in [0.25, 0.3) is 5.91 Å².